The molecule has 0 radical (unpaired) electrons. The van der Waals surface area contributed by atoms with Crippen LogP contribution < -0.4 is 27.0 Å². The maximum atomic E-state index is 11.6. The number of nitrogens with one attached hydrogen (secondary N) is 4. The minimum absolute atomic E-state index is 0.0512. The Hall–Kier alpha value is -0.400. The maximum absolute atomic E-state index is 11.6. The Kier molecular flexibility index (Phi) is 12.4. The second-order valence-electron chi connectivity index (χ2n) is 16.2. The lowest BCUT2D eigenvalue weighted by Crippen LogP contribution is -2.62. The molecule has 9 N–H and O–H groups in total. The highest BCUT2D eigenvalue weighted by Gasteiger charge is 2.43. The summed E-state index contributed by atoms with van der Waals surface area (Å²) in [6, 6.07) is 0.294. The van der Waals surface area contributed by atoms with Crippen LogP contribution in [0.15, 0.2) is 0 Å². The van der Waals surface area contributed by atoms with Gasteiger partial charge in [-0.05, 0) is 109 Å². The van der Waals surface area contributed by atoms with Gasteiger partial charge in [0.1, 0.15) is 18.7 Å². The van der Waals surface area contributed by atoms with E-state index in [0.717, 1.165) is 24.8 Å². The standard InChI is InChI=1S/C34H67N7O3/c1-34(2,35)33(44)38-28(18-25-19-36-27-13-9-8-12-26(25)27)31(42)39-29-20-41(21-37-29)30(32(43)40(3)4)24-16-14-23(15-17-24)22-10-6-5-7-11-22/h22-33,36-39,42-44H,5-21,35H2,1-4H3/t23?,24?,25?,26?,27?,28-,29?,30?,31?,32?,33?/m1/s1. The fourth-order valence-electron chi connectivity index (χ4n) is 9.57. The predicted molar refractivity (Wildman–Crippen MR) is 176 cm³/mol. The topological polar surface area (TPSA) is 141 Å². The average molecular weight is 622 g/mol. The van der Waals surface area contributed by atoms with Gasteiger partial charge in [0.15, 0.2) is 0 Å². The number of hydrogen-bond donors (Lipinski definition) is 8. The van der Waals surface area contributed by atoms with Crippen LogP contribution in [0.5, 0.6) is 0 Å². The third-order valence-electron chi connectivity index (χ3n) is 12.3. The van der Waals surface area contributed by atoms with Crippen molar-refractivity contribution >= 4 is 0 Å². The van der Waals surface area contributed by atoms with Crippen molar-refractivity contribution in [3.05, 3.63) is 0 Å². The Morgan fingerprint density at radius 3 is 2.23 bits per heavy atom. The van der Waals surface area contributed by atoms with Crippen molar-refractivity contribution in [2.45, 2.75) is 152 Å². The van der Waals surface area contributed by atoms with Gasteiger partial charge in [-0.15, -0.1) is 0 Å². The van der Waals surface area contributed by atoms with Crippen LogP contribution >= 0.6 is 0 Å². The van der Waals surface area contributed by atoms with Crippen LogP contribution in [-0.4, -0.2) is 107 Å². The highest BCUT2D eigenvalue weighted by atomic mass is 16.3. The number of fused-ring (bicyclic) bond motifs is 1. The number of nitrogens with zero attached hydrogens (tertiary/aromatic N) is 2. The molecule has 8 unspecified atom stereocenters. The number of aliphatic hydroxyl groups excluding tert-OH is 3. The van der Waals surface area contributed by atoms with E-state index in [1.165, 1.54) is 83.5 Å². The van der Waals surface area contributed by atoms with Crippen molar-refractivity contribution < 1.29 is 15.3 Å². The SMILES string of the molecule is CN(C)C(O)C(C1CCC(C2CCCCC2)CC1)N1CNC(NC(O)[C@@H](CC2CNC3CCCCC23)NC(O)C(C)(C)N)C1. The molecule has 256 valence electrons. The Labute approximate surface area is 267 Å². The summed E-state index contributed by atoms with van der Waals surface area (Å²) < 4.78 is 0. The van der Waals surface area contributed by atoms with Gasteiger partial charge in [0, 0.05) is 30.8 Å². The first-order valence-electron chi connectivity index (χ1n) is 18.2. The summed E-state index contributed by atoms with van der Waals surface area (Å²) in [5.41, 5.74) is 5.43. The van der Waals surface area contributed by atoms with Gasteiger partial charge in [-0.2, -0.15) is 0 Å². The number of rotatable bonds is 13. The molecule has 0 aromatic carbocycles. The first kappa shape index (κ1) is 34.9. The first-order chi connectivity index (χ1) is 21.0. The van der Waals surface area contributed by atoms with Crippen LogP contribution in [0, 0.1) is 29.6 Å². The van der Waals surface area contributed by atoms with Crippen LogP contribution in [0.3, 0.4) is 0 Å². The lowest BCUT2D eigenvalue weighted by atomic mass is 9.69. The summed E-state index contributed by atoms with van der Waals surface area (Å²) >= 11 is 0. The number of likely N-dealkylation sites (N-methyl/N-ethyl adjacent to an activating group) is 1. The molecule has 0 aromatic heterocycles. The van der Waals surface area contributed by atoms with Crippen LogP contribution in [0.4, 0.5) is 0 Å². The largest absolute Gasteiger partial charge is 0.377 e. The van der Waals surface area contributed by atoms with E-state index < -0.39 is 24.2 Å². The van der Waals surface area contributed by atoms with Crippen molar-refractivity contribution in [3.8, 4) is 0 Å². The van der Waals surface area contributed by atoms with Crippen molar-refractivity contribution in [2.24, 2.45) is 35.3 Å². The lowest BCUT2D eigenvalue weighted by molar-refractivity contribution is -0.0645. The van der Waals surface area contributed by atoms with E-state index in [9.17, 15) is 15.3 Å². The molecular formula is C34H67N7O3. The van der Waals surface area contributed by atoms with Gasteiger partial charge in [-0.1, -0.05) is 44.9 Å². The fraction of sp³-hybridized carbons (Fsp3) is 1.00. The zero-order chi connectivity index (χ0) is 31.4. The molecule has 0 aromatic rings. The van der Waals surface area contributed by atoms with Crippen LogP contribution in [0.1, 0.15) is 104 Å². The molecule has 5 aliphatic rings. The summed E-state index contributed by atoms with van der Waals surface area (Å²) in [7, 11) is 3.95. The van der Waals surface area contributed by atoms with Gasteiger partial charge < -0.3 is 26.4 Å². The normalized spacial score (nSPS) is 36.2. The lowest BCUT2D eigenvalue weighted by Gasteiger charge is -2.44. The van der Waals surface area contributed by atoms with Crippen molar-refractivity contribution in [2.75, 3.05) is 33.9 Å². The number of aliphatic hydroxyl groups is 3. The Morgan fingerprint density at radius 1 is 0.886 bits per heavy atom. The van der Waals surface area contributed by atoms with E-state index in [-0.39, 0.29) is 18.2 Å². The van der Waals surface area contributed by atoms with E-state index in [1.807, 2.05) is 32.8 Å². The van der Waals surface area contributed by atoms with Crippen LogP contribution in [-0.2, 0) is 0 Å². The van der Waals surface area contributed by atoms with E-state index in [4.69, 9.17) is 5.73 Å². The molecule has 0 amide bonds. The zero-order valence-electron chi connectivity index (χ0n) is 28.3. The molecule has 10 heteroatoms. The van der Waals surface area contributed by atoms with Gasteiger partial charge >= 0.3 is 0 Å². The quantitative estimate of drug-likeness (QED) is 0.144. The molecule has 10 nitrogen and oxygen atoms in total. The molecule has 2 aliphatic heterocycles. The van der Waals surface area contributed by atoms with Gasteiger partial charge in [0.05, 0.1) is 12.2 Å². The molecule has 9 atom stereocenters. The van der Waals surface area contributed by atoms with Crippen molar-refractivity contribution in [1.82, 2.24) is 31.1 Å². The maximum Gasteiger partial charge on any atom is 0.122 e. The summed E-state index contributed by atoms with van der Waals surface area (Å²) in [6.07, 6.45) is 15.4. The van der Waals surface area contributed by atoms with Crippen molar-refractivity contribution in [3.63, 3.8) is 0 Å². The number of nitrogens with two attached hydrogens (primary N) is 1. The summed E-state index contributed by atoms with van der Waals surface area (Å²) in [5.74, 6) is 3.33. The van der Waals surface area contributed by atoms with Gasteiger partial charge in [0.2, 0.25) is 0 Å². The zero-order valence-corrected chi connectivity index (χ0v) is 28.3. The molecule has 5 fully saturated rings. The fourth-order valence-corrected chi connectivity index (χ4v) is 9.57. The van der Waals surface area contributed by atoms with Crippen LogP contribution in [0.2, 0.25) is 0 Å². The summed E-state index contributed by atoms with van der Waals surface area (Å²) in [5, 5.41) is 48.0. The molecule has 2 saturated heterocycles. The minimum atomic E-state index is -0.933. The van der Waals surface area contributed by atoms with Gasteiger partial charge in [-0.25, -0.2) is 0 Å². The second-order valence-corrected chi connectivity index (χ2v) is 16.2. The van der Waals surface area contributed by atoms with E-state index in [1.54, 1.807) is 0 Å². The highest BCUT2D eigenvalue weighted by molar-refractivity contribution is 4.98. The van der Waals surface area contributed by atoms with E-state index in [0.29, 0.717) is 37.0 Å². The van der Waals surface area contributed by atoms with Crippen LogP contribution in [0.25, 0.3) is 0 Å². The second kappa shape index (κ2) is 15.7. The summed E-state index contributed by atoms with van der Waals surface area (Å²) in [4.78, 5) is 4.35. The molecular weight excluding hydrogens is 554 g/mol. The number of hydrogen-bond acceptors (Lipinski definition) is 10. The molecule has 3 saturated carbocycles. The Balaban J connectivity index is 1.20. The third-order valence-corrected chi connectivity index (χ3v) is 12.3. The smallest absolute Gasteiger partial charge is 0.122 e. The van der Waals surface area contributed by atoms with Gasteiger partial charge in [0.25, 0.3) is 0 Å². The van der Waals surface area contributed by atoms with E-state index in [2.05, 4.69) is 26.2 Å². The van der Waals surface area contributed by atoms with Gasteiger partial charge in [-0.3, -0.25) is 25.8 Å². The van der Waals surface area contributed by atoms with E-state index >= 15 is 0 Å². The Bertz CT molecular complexity index is 860. The average Bonchev–Trinajstić information content (AvgIpc) is 3.64. The molecule has 44 heavy (non-hydrogen) atoms. The molecule has 5 rings (SSSR count). The minimum Gasteiger partial charge on any atom is -0.377 e. The molecule has 0 bridgehead atoms. The first-order valence-corrected chi connectivity index (χ1v) is 18.2. The monoisotopic (exact) mass is 622 g/mol. The molecule has 3 aliphatic carbocycles. The third kappa shape index (κ3) is 8.74. The predicted octanol–water partition coefficient (Wildman–Crippen LogP) is 1.90. The van der Waals surface area contributed by atoms with Crippen molar-refractivity contribution in [1.29, 1.82) is 0 Å². The molecule has 2 heterocycles. The molecule has 0 spiro atoms. The highest BCUT2D eigenvalue weighted by Crippen LogP contribution is 2.42. The summed E-state index contributed by atoms with van der Waals surface area (Å²) in [6.45, 7) is 5.97. The Morgan fingerprint density at radius 2 is 1.55 bits per heavy atom.